The molecular formula is C15H23NO4. The predicted octanol–water partition coefficient (Wildman–Crippen LogP) is 1.66. The van der Waals surface area contributed by atoms with Crippen LogP contribution in [0.2, 0.25) is 0 Å². The molecule has 2 rings (SSSR count). The zero-order chi connectivity index (χ0) is 14.2. The number of aliphatic hydroxyl groups is 1. The molecule has 0 bridgehead atoms. The van der Waals surface area contributed by atoms with Crippen LogP contribution in [0.4, 0.5) is 5.69 Å². The standard InChI is InChI=1S/C15H23NO4/c1-18-15-7-3-2-6-14(15)16-9-12(17)10-19-11-13-5-4-8-20-13/h2-3,6-7,12-13,16-17H,4-5,8-11H2,1H3. The highest BCUT2D eigenvalue weighted by Crippen LogP contribution is 2.22. The van der Waals surface area contributed by atoms with E-state index >= 15 is 0 Å². The largest absolute Gasteiger partial charge is 0.495 e. The first kappa shape index (κ1) is 15.1. The molecule has 1 fully saturated rings. The number of aliphatic hydroxyl groups excluding tert-OH is 1. The second-order valence-electron chi connectivity index (χ2n) is 4.91. The third-order valence-electron chi connectivity index (χ3n) is 3.27. The number of para-hydroxylation sites is 2. The number of methoxy groups -OCH3 is 1. The van der Waals surface area contributed by atoms with Crippen LogP contribution in [0.15, 0.2) is 24.3 Å². The summed E-state index contributed by atoms with van der Waals surface area (Å²) in [5.74, 6) is 0.764. The lowest BCUT2D eigenvalue weighted by Gasteiger charge is -2.16. The third kappa shape index (κ3) is 4.67. The van der Waals surface area contributed by atoms with Crippen molar-refractivity contribution < 1.29 is 19.3 Å². The monoisotopic (exact) mass is 281 g/mol. The van der Waals surface area contributed by atoms with E-state index in [0.29, 0.717) is 19.8 Å². The van der Waals surface area contributed by atoms with E-state index in [1.807, 2.05) is 24.3 Å². The molecule has 0 saturated carbocycles. The second-order valence-corrected chi connectivity index (χ2v) is 4.91. The Morgan fingerprint density at radius 2 is 2.30 bits per heavy atom. The SMILES string of the molecule is COc1ccccc1NCC(O)COCC1CCCO1. The summed E-state index contributed by atoms with van der Waals surface area (Å²) in [5, 5.41) is 13.0. The van der Waals surface area contributed by atoms with Crippen LogP contribution in [0.5, 0.6) is 5.75 Å². The van der Waals surface area contributed by atoms with E-state index in [-0.39, 0.29) is 6.10 Å². The van der Waals surface area contributed by atoms with E-state index in [0.717, 1.165) is 30.9 Å². The molecule has 1 aromatic carbocycles. The van der Waals surface area contributed by atoms with Gasteiger partial charge in [-0.15, -0.1) is 0 Å². The summed E-state index contributed by atoms with van der Waals surface area (Å²) in [4.78, 5) is 0. The maximum atomic E-state index is 9.88. The fourth-order valence-electron chi connectivity index (χ4n) is 2.19. The van der Waals surface area contributed by atoms with Crippen LogP contribution < -0.4 is 10.1 Å². The van der Waals surface area contributed by atoms with Gasteiger partial charge in [0.25, 0.3) is 0 Å². The highest BCUT2D eigenvalue weighted by molar-refractivity contribution is 5.56. The molecule has 2 N–H and O–H groups in total. The van der Waals surface area contributed by atoms with Crippen LogP contribution in [-0.2, 0) is 9.47 Å². The number of anilines is 1. The molecule has 1 heterocycles. The van der Waals surface area contributed by atoms with Gasteiger partial charge in [-0.25, -0.2) is 0 Å². The Labute approximate surface area is 119 Å². The van der Waals surface area contributed by atoms with Gasteiger partial charge in [0, 0.05) is 13.2 Å². The fraction of sp³-hybridized carbons (Fsp3) is 0.600. The Kier molecular flexibility index (Phi) is 6.11. The average Bonchev–Trinajstić information content (AvgIpc) is 2.98. The van der Waals surface area contributed by atoms with Crippen molar-refractivity contribution in [2.75, 3.05) is 38.8 Å². The summed E-state index contributed by atoms with van der Waals surface area (Å²) in [6.45, 7) is 2.12. The van der Waals surface area contributed by atoms with Gasteiger partial charge in [-0.2, -0.15) is 0 Å². The molecule has 0 radical (unpaired) electrons. The van der Waals surface area contributed by atoms with Gasteiger partial charge in [-0.05, 0) is 25.0 Å². The maximum absolute atomic E-state index is 9.88. The van der Waals surface area contributed by atoms with E-state index in [1.165, 1.54) is 0 Å². The topological polar surface area (TPSA) is 60.0 Å². The van der Waals surface area contributed by atoms with E-state index in [2.05, 4.69) is 5.32 Å². The van der Waals surface area contributed by atoms with E-state index < -0.39 is 6.10 Å². The molecule has 20 heavy (non-hydrogen) atoms. The summed E-state index contributed by atoms with van der Waals surface area (Å²) in [5.41, 5.74) is 0.869. The average molecular weight is 281 g/mol. The van der Waals surface area contributed by atoms with Crippen LogP contribution in [0.25, 0.3) is 0 Å². The summed E-state index contributed by atoms with van der Waals surface area (Å²) in [7, 11) is 1.63. The molecule has 5 nitrogen and oxygen atoms in total. The molecule has 5 heteroatoms. The smallest absolute Gasteiger partial charge is 0.141 e. The van der Waals surface area contributed by atoms with Gasteiger partial charge in [-0.1, -0.05) is 12.1 Å². The number of hydrogen-bond acceptors (Lipinski definition) is 5. The van der Waals surface area contributed by atoms with Crippen LogP contribution in [0.3, 0.4) is 0 Å². The van der Waals surface area contributed by atoms with Crippen molar-refractivity contribution in [2.45, 2.75) is 25.0 Å². The third-order valence-corrected chi connectivity index (χ3v) is 3.27. The summed E-state index contributed by atoms with van der Waals surface area (Å²) in [6.07, 6.45) is 1.80. The van der Waals surface area contributed by atoms with Crippen LogP contribution in [0, 0.1) is 0 Å². The molecule has 2 unspecified atom stereocenters. The van der Waals surface area contributed by atoms with Crippen molar-refractivity contribution >= 4 is 5.69 Å². The van der Waals surface area contributed by atoms with E-state index in [9.17, 15) is 5.11 Å². The van der Waals surface area contributed by atoms with Crippen molar-refractivity contribution in [3.63, 3.8) is 0 Å². The lowest BCUT2D eigenvalue weighted by Crippen LogP contribution is -2.27. The minimum Gasteiger partial charge on any atom is -0.495 e. The van der Waals surface area contributed by atoms with Crippen LogP contribution in [-0.4, -0.2) is 50.8 Å². The van der Waals surface area contributed by atoms with Gasteiger partial charge in [-0.3, -0.25) is 0 Å². The van der Waals surface area contributed by atoms with Crippen LogP contribution in [0.1, 0.15) is 12.8 Å². The van der Waals surface area contributed by atoms with E-state index in [4.69, 9.17) is 14.2 Å². The van der Waals surface area contributed by atoms with Crippen LogP contribution >= 0.6 is 0 Å². The quantitative estimate of drug-likeness (QED) is 0.759. The fourth-order valence-corrected chi connectivity index (χ4v) is 2.19. The molecule has 1 aromatic rings. The number of benzene rings is 1. The van der Waals surface area contributed by atoms with Crippen molar-refractivity contribution in [3.05, 3.63) is 24.3 Å². The summed E-state index contributed by atoms with van der Waals surface area (Å²) < 4.78 is 16.2. The Hall–Kier alpha value is -1.30. The molecule has 112 valence electrons. The first-order chi connectivity index (χ1) is 9.79. The number of rotatable bonds is 8. The molecule has 0 spiro atoms. The Morgan fingerprint density at radius 3 is 3.05 bits per heavy atom. The molecule has 2 atom stereocenters. The molecule has 0 aromatic heterocycles. The van der Waals surface area contributed by atoms with Gasteiger partial charge in [0.15, 0.2) is 0 Å². The second kappa shape index (κ2) is 8.09. The molecule has 1 saturated heterocycles. The summed E-state index contributed by atoms with van der Waals surface area (Å²) in [6, 6.07) is 7.62. The van der Waals surface area contributed by atoms with Crippen molar-refractivity contribution in [1.29, 1.82) is 0 Å². The number of hydrogen-bond donors (Lipinski definition) is 2. The first-order valence-electron chi connectivity index (χ1n) is 7.04. The molecule has 1 aliphatic heterocycles. The Bertz CT molecular complexity index is 393. The van der Waals surface area contributed by atoms with Crippen molar-refractivity contribution in [3.8, 4) is 5.75 Å². The lowest BCUT2D eigenvalue weighted by atomic mass is 10.2. The minimum absolute atomic E-state index is 0.198. The van der Waals surface area contributed by atoms with E-state index in [1.54, 1.807) is 7.11 Å². The highest BCUT2D eigenvalue weighted by Gasteiger charge is 2.16. The zero-order valence-electron chi connectivity index (χ0n) is 11.9. The minimum atomic E-state index is -0.554. The lowest BCUT2D eigenvalue weighted by molar-refractivity contribution is -0.0137. The van der Waals surface area contributed by atoms with Gasteiger partial charge in [0.1, 0.15) is 5.75 Å². The van der Waals surface area contributed by atoms with Gasteiger partial charge < -0.3 is 24.6 Å². The predicted molar refractivity (Wildman–Crippen MR) is 77.3 cm³/mol. The zero-order valence-corrected chi connectivity index (χ0v) is 11.9. The summed E-state index contributed by atoms with van der Waals surface area (Å²) >= 11 is 0. The first-order valence-corrected chi connectivity index (χ1v) is 7.04. The number of ether oxygens (including phenoxy) is 3. The molecule has 0 aliphatic carbocycles. The van der Waals surface area contributed by atoms with Gasteiger partial charge >= 0.3 is 0 Å². The van der Waals surface area contributed by atoms with Crippen molar-refractivity contribution in [2.24, 2.45) is 0 Å². The highest BCUT2D eigenvalue weighted by atomic mass is 16.5. The van der Waals surface area contributed by atoms with Gasteiger partial charge in [0.2, 0.25) is 0 Å². The normalized spacial score (nSPS) is 19.8. The molecular weight excluding hydrogens is 258 g/mol. The maximum Gasteiger partial charge on any atom is 0.141 e. The Morgan fingerprint density at radius 1 is 1.45 bits per heavy atom. The number of nitrogens with one attached hydrogen (secondary N) is 1. The van der Waals surface area contributed by atoms with Gasteiger partial charge in [0.05, 0.1) is 38.2 Å². The Balaban J connectivity index is 1.65. The molecule has 1 aliphatic rings. The van der Waals surface area contributed by atoms with Crippen molar-refractivity contribution in [1.82, 2.24) is 0 Å². The molecule has 0 amide bonds.